The van der Waals surface area contributed by atoms with E-state index in [4.69, 9.17) is 4.42 Å². The molecular weight excluding hydrogens is 607 g/mol. The molecule has 2 nitrogen and oxygen atoms in total. The van der Waals surface area contributed by atoms with Crippen LogP contribution in [0, 0.1) is 0 Å². The second kappa shape index (κ2) is 10.4. The standard InChI is InChI=1S/C48H29NO/c1-2-10-34(11-3-1)49(36-24-26-40-39-14-6-7-16-45(39)50-46(40)29-36)35-22-19-30(20-23-35)32-17-18-33-28-44-38-13-5-4-12-37(38)41-15-8-9-31-21-25-42(43(33)27-32)48(44)47(31)41/h1-29H. The predicted octanol–water partition coefficient (Wildman–Crippen LogP) is 13.9. The third-order valence-electron chi connectivity index (χ3n) is 10.6. The van der Waals surface area contributed by atoms with Crippen molar-refractivity contribution in [3.8, 4) is 11.1 Å². The molecule has 0 amide bonds. The van der Waals surface area contributed by atoms with Crippen molar-refractivity contribution in [3.05, 3.63) is 176 Å². The Labute approximate surface area is 288 Å². The third-order valence-corrected chi connectivity index (χ3v) is 10.6. The van der Waals surface area contributed by atoms with Crippen LogP contribution in [0.3, 0.4) is 0 Å². The largest absolute Gasteiger partial charge is 0.456 e. The summed E-state index contributed by atoms with van der Waals surface area (Å²) in [4.78, 5) is 2.30. The molecule has 0 N–H and O–H groups in total. The van der Waals surface area contributed by atoms with Crippen LogP contribution in [-0.2, 0) is 0 Å². The molecule has 0 saturated heterocycles. The van der Waals surface area contributed by atoms with Crippen molar-refractivity contribution >= 4 is 92.9 Å². The Kier molecular flexibility index (Phi) is 5.70. The molecule has 11 rings (SSSR count). The fraction of sp³-hybridized carbons (Fsp3) is 0. The molecule has 0 fully saturated rings. The van der Waals surface area contributed by atoms with Crippen LogP contribution in [0.2, 0.25) is 0 Å². The summed E-state index contributed by atoms with van der Waals surface area (Å²) in [5.74, 6) is 0. The highest BCUT2D eigenvalue weighted by Crippen LogP contribution is 2.44. The Morgan fingerprint density at radius 1 is 0.300 bits per heavy atom. The maximum atomic E-state index is 6.29. The number of anilines is 3. The fourth-order valence-corrected chi connectivity index (χ4v) is 8.28. The van der Waals surface area contributed by atoms with Crippen LogP contribution in [0.5, 0.6) is 0 Å². The van der Waals surface area contributed by atoms with Gasteiger partial charge in [0.2, 0.25) is 0 Å². The monoisotopic (exact) mass is 635 g/mol. The van der Waals surface area contributed by atoms with E-state index in [9.17, 15) is 0 Å². The Morgan fingerprint density at radius 2 is 0.920 bits per heavy atom. The highest BCUT2D eigenvalue weighted by molar-refractivity contribution is 6.37. The summed E-state index contributed by atoms with van der Waals surface area (Å²) in [7, 11) is 0. The van der Waals surface area contributed by atoms with Gasteiger partial charge in [-0.1, -0.05) is 115 Å². The van der Waals surface area contributed by atoms with E-state index in [2.05, 4.69) is 169 Å². The van der Waals surface area contributed by atoms with Gasteiger partial charge >= 0.3 is 0 Å². The van der Waals surface area contributed by atoms with Crippen LogP contribution >= 0.6 is 0 Å². The van der Waals surface area contributed by atoms with Gasteiger partial charge in [-0.15, -0.1) is 0 Å². The zero-order valence-electron chi connectivity index (χ0n) is 27.1. The van der Waals surface area contributed by atoms with Crippen molar-refractivity contribution in [2.45, 2.75) is 0 Å². The van der Waals surface area contributed by atoms with E-state index in [0.717, 1.165) is 39.0 Å². The summed E-state index contributed by atoms with van der Waals surface area (Å²) in [5.41, 5.74) is 7.43. The maximum absolute atomic E-state index is 6.29. The Hall–Kier alpha value is -6.64. The predicted molar refractivity (Wildman–Crippen MR) is 213 cm³/mol. The molecule has 1 heterocycles. The second-order valence-corrected chi connectivity index (χ2v) is 13.3. The first kappa shape index (κ1) is 27.3. The molecule has 0 spiro atoms. The second-order valence-electron chi connectivity index (χ2n) is 13.3. The highest BCUT2D eigenvalue weighted by atomic mass is 16.3. The molecule has 11 aromatic rings. The summed E-state index contributed by atoms with van der Waals surface area (Å²) in [5, 5.41) is 15.4. The highest BCUT2D eigenvalue weighted by Gasteiger charge is 2.18. The molecule has 0 bridgehead atoms. The maximum Gasteiger partial charge on any atom is 0.137 e. The van der Waals surface area contributed by atoms with Crippen molar-refractivity contribution in [1.82, 2.24) is 0 Å². The molecule has 0 aliphatic carbocycles. The molecular formula is C48H29NO. The van der Waals surface area contributed by atoms with Crippen molar-refractivity contribution in [2.75, 3.05) is 4.90 Å². The van der Waals surface area contributed by atoms with Crippen molar-refractivity contribution < 1.29 is 4.42 Å². The molecule has 50 heavy (non-hydrogen) atoms. The van der Waals surface area contributed by atoms with Crippen molar-refractivity contribution in [2.24, 2.45) is 0 Å². The van der Waals surface area contributed by atoms with Gasteiger partial charge in [-0.25, -0.2) is 0 Å². The fourth-order valence-electron chi connectivity index (χ4n) is 8.28. The number of fused-ring (bicyclic) bond motifs is 8. The Morgan fingerprint density at radius 3 is 1.78 bits per heavy atom. The average molecular weight is 636 g/mol. The zero-order valence-corrected chi connectivity index (χ0v) is 27.1. The van der Waals surface area contributed by atoms with Crippen LogP contribution in [0.15, 0.2) is 180 Å². The first-order valence-corrected chi connectivity index (χ1v) is 17.2. The first-order valence-electron chi connectivity index (χ1n) is 17.2. The molecule has 10 aromatic carbocycles. The van der Waals surface area contributed by atoms with Crippen LogP contribution in [0.25, 0.3) is 86.9 Å². The van der Waals surface area contributed by atoms with Gasteiger partial charge in [0.15, 0.2) is 0 Å². The number of hydrogen-bond acceptors (Lipinski definition) is 2. The lowest BCUT2D eigenvalue weighted by Crippen LogP contribution is -2.09. The lowest BCUT2D eigenvalue weighted by molar-refractivity contribution is 0.669. The zero-order chi connectivity index (χ0) is 32.8. The number of nitrogens with zero attached hydrogens (tertiary/aromatic N) is 1. The van der Waals surface area contributed by atoms with Crippen LogP contribution in [0.4, 0.5) is 17.1 Å². The van der Waals surface area contributed by atoms with Gasteiger partial charge in [-0.2, -0.15) is 0 Å². The van der Waals surface area contributed by atoms with E-state index < -0.39 is 0 Å². The summed E-state index contributed by atoms with van der Waals surface area (Å²) in [6.07, 6.45) is 0. The van der Waals surface area contributed by atoms with Crippen LogP contribution in [0.1, 0.15) is 0 Å². The Bertz CT molecular complexity index is 3080. The van der Waals surface area contributed by atoms with Gasteiger partial charge in [-0.3, -0.25) is 0 Å². The molecule has 232 valence electrons. The number of benzene rings is 10. The third kappa shape index (κ3) is 3.96. The minimum Gasteiger partial charge on any atom is -0.456 e. The van der Waals surface area contributed by atoms with E-state index in [0.29, 0.717) is 0 Å². The van der Waals surface area contributed by atoms with E-state index in [1.54, 1.807) is 0 Å². The summed E-state index contributed by atoms with van der Waals surface area (Å²) >= 11 is 0. The molecule has 0 radical (unpaired) electrons. The van der Waals surface area contributed by atoms with Gasteiger partial charge in [0.1, 0.15) is 11.2 Å². The molecule has 0 aliphatic rings. The normalized spacial score (nSPS) is 12.0. The number of para-hydroxylation sites is 2. The lowest BCUT2D eigenvalue weighted by Gasteiger charge is -2.25. The van der Waals surface area contributed by atoms with Crippen LogP contribution < -0.4 is 4.90 Å². The van der Waals surface area contributed by atoms with Gasteiger partial charge < -0.3 is 9.32 Å². The van der Waals surface area contributed by atoms with Crippen molar-refractivity contribution in [3.63, 3.8) is 0 Å². The van der Waals surface area contributed by atoms with Crippen molar-refractivity contribution in [1.29, 1.82) is 0 Å². The minimum atomic E-state index is 0.885. The van der Waals surface area contributed by atoms with Gasteiger partial charge in [0.25, 0.3) is 0 Å². The summed E-state index contributed by atoms with van der Waals surface area (Å²) < 4.78 is 6.29. The molecule has 0 aliphatic heterocycles. The van der Waals surface area contributed by atoms with E-state index >= 15 is 0 Å². The van der Waals surface area contributed by atoms with E-state index in [1.165, 1.54) is 65.0 Å². The van der Waals surface area contributed by atoms with Gasteiger partial charge in [-0.05, 0) is 120 Å². The van der Waals surface area contributed by atoms with Gasteiger partial charge in [0, 0.05) is 33.9 Å². The summed E-state index contributed by atoms with van der Waals surface area (Å²) in [6, 6.07) is 63.8. The molecule has 0 unspecified atom stereocenters. The molecule has 0 saturated carbocycles. The average Bonchev–Trinajstić information content (AvgIpc) is 3.56. The lowest BCUT2D eigenvalue weighted by atomic mass is 9.86. The molecule has 1 aromatic heterocycles. The Balaban J connectivity index is 1.05. The topological polar surface area (TPSA) is 16.4 Å². The number of rotatable bonds is 4. The number of hydrogen-bond donors (Lipinski definition) is 0. The van der Waals surface area contributed by atoms with Gasteiger partial charge in [0.05, 0.1) is 0 Å². The quantitative estimate of drug-likeness (QED) is 0.141. The number of furan rings is 1. The molecule has 2 heteroatoms. The first-order chi connectivity index (χ1) is 24.8. The molecule has 0 atom stereocenters. The van der Waals surface area contributed by atoms with E-state index in [1.807, 2.05) is 12.1 Å². The minimum absolute atomic E-state index is 0.885. The van der Waals surface area contributed by atoms with Crippen LogP contribution in [-0.4, -0.2) is 0 Å². The summed E-state index contributed by atoms with van der Waals surface area (Å²) in [6.45, 7) is 0. The van der Waals surface area contributed by atoms with E-state index in [-0.39, 0.29) is 0 Å². The smallest absolute Gasteiger partial charge is 0.137 e. The SMILES string of the molecule is c1ccc(N(c2ccc(-c3ccc4cc5c6ccccc6c6cccc7ccc(c4c3)c5c76)cc2)c2ccc3c(c2)oc2ccccc23)cc1.